The smallest absolute Gasteiger partial charge is 0.264 e. The lowest BCUT2D eigenvalue weighted by molar-refractivity contribution is -0.119. The van der Waals surface area contributed by atoms with Crippen LogP contribution in [0.15, 0.2) is 52.5 Å². The summed E-state index contributed by atoms with van der Waals surface area (Å²) in [5, 5.41) is 4.34. The molecule has 2 aromatic rings. The van der Waals surface area contributed by atoms with Gasteiger partial charge in [0.1, 0.15) is 6.54 Å². The molecule has 6 nitrogen and oxygen atoms in total. The van der Waals surface area contributed by atoms with E-state index in [1.165, 1.54) is 4.31 Å². The Balaban J connectivity index is 1.81. The SMILES string of the molecule is Cc1ccc(S(=O)(=O)N(CC(=O)NN=C2CCC(C(C)(C)C)CC2)c2cc(C)cc(C)c2)cc1. The molecule has 1 aliphatic carbocycles. The van der Waals surface area contributed by atoms with Crippen molar-refractivity contribution in [1.29, 1.82) is 0 Å². The van der Waals surface area contributed by atoms with E-state index >= 15 is 0 Å². The predicted octanol–water partition coefficient (Wildman–Crippen LogP) is 5.52. The van der Waals surface area contributed by atoms with Gasteiger partial charge in [0.15, 0.2) is 0 Å². The first-order chi connectivity index (χ1) is 15.9. The highest BCUT2D eigenvalue weighted by Gasteiger charge is 2.29. The summed E-state index contributed by atoms with van der Waals surface area (Å²) < 4.78 is 28.3. The van der Waals surface area contributed by atoms with Gasteiger partial charge in [-0.2, -0.15) is 5.10 Å². The molecule has 0 unspecified atom stereocenters. The van der Waals surface area contributed by atoms with E-state index in [9.17, 15) is 13.2 Å². The second kappa shape index (κ2) is 10.3. The number of hydrazone groups is 1. The third kappa shape index (κ3) is 6.47. The maximum Gasteiger partial charge on any atom is 0.264 e. The lowest BCUT2D eigenvalue weighted by Crippen LogP contribution is -2.40. The van der Waals surface area contributed by atoms with E-state index in [-0.39, 0.29) is 16.9 Å². The van der Waals surface area contributed by atoms with Crippen LogP contribution in [0.3, 0.4) is 0 Å². The van der Waals surface area contributed by atoms with Crippen LogP contribution in [0.5, 0.6) is 0 Å². The molecule has 2 aromatic carbocycles. The summed E-state index contributed by atoms with van der Waals surface area (Å²) in [6, 6.07) is 12.2. The molecule has 0 heterocycles. The Labute approximate surface area is 204 Å². The highest BCUT2D eigenvalue weighted by atomic mass is 32.2. The number of aryl methyl sites for hydroxylation is 3. The molecule has 1 aliphatic rings. The van der Waals surface area contributed by atoms with Crippen LogP contribution in [-0.4, -0.2) is 26.6 Å². The molecule has 0 saturated heterocycles. The number of hydrogen-bond acceptors (Lipinski definition) is 4. The summed E-state index contributed by atoms with van der Waals surface area (Å²) >= 11 is 0. The Hall–Kier alpha value is -2.67. The summed E-state index contributed by atoms with van der Waals surface area (Å²) in [6.07, 6.45) is 3.80. The molecule has 0 radical (unpaired) electrons. The number of carbonyl (C=O) groups is 1. The first-order valence-corrected chi connectivity index (χ1v) is 13.3. The Morgan fingerprint density at radius 2 is 1.53 bits per heavy atom. The Kier molecular flexibility index (Phi) is 7.86. The van der Waals surface area contributed by atoms with Crippen molar-refractivity contribution < 1.29 is 13.2 Å². The maximum absolute atomic E-state index is 13.5. The van der Waals surface area contributed by atoms with Crippen molar-refractivity contribution in [2.75, 3.05) is 10.8 Å². The molecule has 0 atom stereocenters. The number of amides is 1. The number of sulfonamides is 1. The number of benzene rings is 2. The van der Waals surface area contributed by atoms with E-state index < -0.39 is 15.9 Å². The van der Waals surface area contributed by atoms with E-state index in [1.54, 1.807) is 36.4 Å². The molecule has 1 fully saturated rings. The quantitative estimate of drug-likeness (QED) is 0.550. The van der Waals surface area contributed by atoms with Gasteiger partial charge in [0.25, 0.3) is 15.9 Å². The van der Waals surface area contributed by atoms with Crippen LogP contribution in [0.25, 0.3) is 0 Å². The summed E-state index contributed by atoms with van der Waals surface area (Å²) in [5.41, 5.74) is 7.13. The van der Waals surface area contributed by atoms with E-state index in [4.69, 9.17) is 0 Å². The zero-order chi connectivity index (χ0) is 25.1. The van der Waals surface area contributed by atoms with Gasteiger partial charge in [0.05, 0.1) is 10.6 Å². The van der Waals surface area contributed by atoms with Crippen molar-refractivity contribution in [1.82, 2.24) is 5.43 Å². The summed E-state index contributed by atoms with van der Waals surface area (Å²) in [5.74, 6) is 0.183. The van der Waals surface area contributed by atoms with Gasteiger partial charge in [-0.15, -0.1) is 0 Å². The first kappa shape index (κ1) is 25.9. The molecule has 0 aromatic heterocycles. The minimum absolute atomic E-state index is 0.150. The van der Waals surface area contributed by atoms with Crippen molar-refractivity contribution in [2.45, 2.75) is 72.1 Å². The van der Waals surface area contributed by atoms with E-state index in [1.807, 2.05) is 26.8 Å². The highest BCUT2D eigenvalue weighted by Crippen LogP contribution is 2.36. The molecule has 3 rings (SSSR count). The molecule has 0 bridgehead atoms. The van der Waals surface area contributed by atoms with E-state index in [0.717, 1.165) is 48.1 Å². The van der Waals surface area contributed by atoms with Gasteiger partial charge in [0.2, 0.25) is 0 Å². The van der Waals surface area contributed by atoms with E-state index in [2.05, 4.69) is 31.3 Å². The second-order valence-electron chi connectivity index (χ2n) is 10.5. The molecule has 7 heteroatoms. The zero-order valence-corrected chi connectivity index (χ0v) is 22.0. The molecule has 0 spiro atoms. The lowest BCUT2D eigenvalue weighted by Gasteiger charge is -2.34. The molecular weight excluding hydrogens is 446 g/mol. The largest absolute Gasteiger partial charge is 0.271 e. The minimum Gasteiger partial charge on any atom is -0.271 e. The number of nitrogens with zero attached hydrogens (tertiary/aromatic N) is 2. The number of hydrogen-bond donors (Lipinski definition) is 1. The summed E-state index contributed by atoms with van der Waals surface area (Å²) in [6.45, 7) is 12.2. The van der Waals surface area contributed by atoms with Crippen molar-refractivity contribution in [3.63, 3.8) is 0 Å². The average molecular weight is 484 g/mol. The maximum atomic E-state index is 13.5. The normalized spacial score (nSPS) is 16.8. The van der Waals surface area contributed by atoms with Crippen LogP contribution >= 0.6 is 0 Å². The van der Waals surface area contributed by atoms with Crippen molar-refractivity contribution in [3.05, 3.63) is 59.2 Å². The third-order valence-electron chi connectivity index (χ3n) is 6.52. The summed E-state index contributed by atoms with van der Waals surface area (Å²) in [7, 11) is -3.94. The monoisotopic (exact) mass is 483 g/mol. The topological polar surface area (TPSA) is 78.8 Å². The van der Waals surface area contributed by atoms with Crippen LogP contribution in [0, 0.1) is 32.1 Å². The lowest BCUT2D eigenvalue weighted by atomic mass is 9.72. The number of carbonyl (C=O) groups excluding carboxylic acids is 1. The average Bonchev–Trinajstić information content (AvgIpc) is 2.75. The van der Waals surface area contributed by atoms with Crippen LogP contribution in [0.1, 0.15) is 63.1 Å². The fourth-order valence-corrected chi connectivity index (χ4v) is 5.89. The van der Waals surface area contributed by atoms with Crippen molar-refractivity contribution in [2.24, 2.45) is 16.4 Å². The standard InChI is InChI=1S/C27H37N3O3S/c1-19-7-13-25(14-8-19)34(32,33)30(24-16-20(2)15-21(3)17-24)18-26(31)29-28-23-11-9-22(10-12-23)27(4,5)6/h7-8,13-17,22H,9-12,18H2,1-6H3,(H,29,31). The second-order valence-corrected chi connectivity index (χ2v) is 12.4. The van der Waals surface area contributed by atoms with Crippen LogP contribution < -0.4 is 9.73 Å². The molecule has 1 N–H and O–H groups in total. The van der Waals surface area contributed by atoms with Gasteiger partial charge in [-0.1, -0.05) is 44.5 Å². The van der Waals surface area contributed by atoms with Crippen LogP contribution in [0.4, 0.5) is 5.69 Å². The summed E-state index contributed by atoms with van der Waals surface area (Å²) in [4.78, 5) is 13.0. The molecular formula is C27H37N3O3S. The number of nitrogens with one attached hydrogen (secondary N) is 1. The van der Waals surface area contributed by atoms with Gasteiger partial charge >= 0.3 is 0 Å². The molecule has 0 aliphatic heterocycles. The highest BCUT2D eigenvalue weighted by molar-refractivity contribution is 7.92. The zero-order valence-electron chi connectivity index (χ0n) is 21.2. The predicted molar refractivity (Wildman–Crippen MR) is 139 cm³/mol. The molecule has 184 valence electrons. The van der Waals surface area contributed by atoms with Gasteiger partial charge < -0.3 is 0 Å². The Bertz CT molecular complexity index is 1130. The molecule has 1 amide bonds. The Morgan fingerprint density at radius 1 is 0.971 bits per heavy atom. The fraction of sp³-hybridized carbons (Fsp3) is 0.481. The van der Waals surface area contributed by atoms with Gasteiger partial charge in [-0.3, -0.25) is 9.10 Å². The number of anilines is 1. The van der Waals surface area contributed by atoms with Crippen molar-refractivity contribution >= 4 is 27.3 Å². The minimum atomic E-state index is -3.94. The first-order valence-electron chi connectivity index (χ1n) is 11.9. The molecule has 34 heavy (non-hydrogen) atoms. The number of rotatable bonds is 6. The van der Waals surface area contributed by atoms with Gasteiger partial charge in [-0.05, 0) is 93.2 Å². The third-order valence-corrected chi connectivity index (χ3v) is 8.30. The Morgan fingerprint density at radius 3 is 2.06 bits per heavy atom. The van der Waals surface area contributed by atoms with E-state index in [0.29, 0.717) is 11.6 Å². The fourth-order valence-electron chi connectivity index (χ4n) is 4.48. The van der Waals surface area contributed by atoms with Crippen LogP contribution in [-0.2, 0) is 14.8 Å². The molecule has 1 saturated carbocycles. The van der Waals surface area contributed by atoms with Crippen molar-refractivity contribution in [3.8, 4) is 0 Å². The van der Waals surface area contributed by atoms with Gasteiger partial charge in [0, 0.05) is 5.71 Å². The van der Waals surface area contributed by atoms with Crippen LogP contribution in [0.2, 0.25) is 0 Å². The van der Waals surface area contributed by atoms with Gasteiger partial charge in [-0.25, -0.2) is 13.8 Å².